The molecule has 6 nitrogen and oxygen atoms in total. The molecular weight excluding hydrogens is 262 g/mol. The average molecular weight is 279 g/mol. The standard InChI is InChI=1S/C14H17NO5/c1-8(16)12(14(18)19)15-13(17)10-6-9-4-2-3-5-11(9)20-7-10/h2-5,8,10,12,16H,6-7H2,1H3,(H,15,17)(H,18,19)/t8-,10?,12+/m1/s1. The highest BCUT2D eigenvalue weighted by Crippen LogP contribution is 2.26. The summed E-state index contributed by atoms with van der Waals surface area (Å²) in [6.45, 7) is 1.53. The van der Waals surface area contributed by atoms with Gasteiger partial charge >= 0.3 is 5.97 Å². The molecule has 0 fully saturated rings. The lowest BCUT2D eigenvalue weighted by Crippen LogP contribution is -2.51. The van der Waals surface area contributed by atoms with Crippen LogP contribution < -0.4 is 10.1 Å². The first kappa shape index (κ1) is 14.3. The number of fused-ring (bicyclic) bond motifs is 1. The minimum absolute atomic E-state index is 0.203. The molecule has 1 aromatic rings. The molecule has 0 bridgehead atoms. The Balaban J connectivity index is 2.03. The van der Waals surface area contributed by atoms with Gasteiger partial charge in [-0.15, -0.1) is 0 Å². The Morgan fingerprint density at radius 3 is 2.75 bits per heavy atom. The van der Waals surface area contributed by atoms with E-state index in [0.717, 1.165) is 11.3 Å². The van der Waals surface area contributed by atoms with Gasteiger partial charge in [0.2, 0.25) is 5.91 Å². The van der Waals surface area contributed by atoms with E-state index in [4.69, 9.17) is 9.84 Å². The van der Waals surface area contributed by atoms with Gasteiger partial charge in [-0.1, -0.05) is 18.2 Å². The summed E-state index contributed by atoms with van der Waals surface area (Å²) in [5.74, 6) is -1.38. The number of carbonyl (C=O) groups excluding carboxylic acids is 1. The van der Waals surface area contributed by atoms with Crippen molar-refractivity contribution in [3.05, 3.63) is 29.8 Å². The van der Waals surface area contributed by atoms with E-state index >= 15 is 0 Å². The van der Waals surface area contributed by atoms with E-state index in [2.05, 4.69) is 5.32 Å². The number of hydrogen-bond donors (Lipinski definition) is 3. The monoisotopic (exact) mass is 279 g/mol. The van der Waals surface area contributed by atoms with Crippen molar-refractivity contribution in [2.45, 2.75) is 25.5 Å². The number of rotatable bonds is 4. The van der Waals surface area contributed by atoms with Gasteiger partial charge in [0, 0.05) is 0 Å². The van der Waals surface area contributed by atoms with E-state index < -0.39 is 29.9 Å². The second kappa shape index (κ2) is 5.92. The van der Waals surface area contributed by atoms with Gasteiger partial charge in [0.05, 0.1) is 12.0 Å². The lowest BCUT2D eigenvalue weighted by Gasteiger charge is -2.26. The number of aliphatic carboxylic acids is 1. The minimum atomic E-state index is -1.31. The number of aliphatic hydroxyl groups excluding tert-OH is 1. The van der Waals surface area contributed by atoms with Gasteiger partial charge in [0.15, 0.2) is 6.04 Å². The smallest absolute Gasteiger partial charge is 0.328 e. The fourth-order valence-electron chi connectivity index (χ4n) is 2.16. The molecule has 108 valence electrons. The summed E-state index contributed by atoms with van der Waals surface area (Å²) in [7, 11) is 0. The molecule has 3 N–H and O–H groups in total. The highest BCUT2D eigenvalue weighted by atomic mass is 16.5. The lowest BCUT2D eigenvalue weighted by atomic mass is 9.95. The minimum Gasteiger partial charge on any atom is -0.492 e. The number of para-hydroxylation sites is 1. The molecule has 1 aromatic carbocycles. The van der Waals surface area contributed by atoms with Crippen molar-refractivity contribution < 1.29 is 24.5 Å². The molecule has 6 heteroatoms. The van der Waals surface area contributed by atoms with Crippen molar-refractivity contribution >= 4 is 11.9 Å². The molecule has 1 heterocycles. The van der Waals surface area contributed by atoms with Gasteiger partial charge < -0.3 is 20.3 Å². The Bertz CT molecular complexity index is 514. The van der Waals surface area contributed by atoms with Crippen LogP contribution in [0.25, 0.3) is 0 Å². The number of benzene rings is 1. The third-order valence-electron chi connectivity index (χ3n) is 3.30. The Morgan fingerprint density at radius 2 is 2.10 bits per heavy atom. The number of hydrogen-bond acceptors (Lipinski definition) is 4. The molecule has 1 amide bonds. The summed E-state index contributed by atoms with van der Waals surface area (Å²) in [6.07, 6.45) is -0.665. The molecule has 0 radical (unpaired) electrons. The first-order chi connectivity index (χ1) is 9.49. The number of aliphatic hydroxyl groups is 1. The van der Waals surface area contributed by atoms with E-state index in [1.165, 1.54) is 6.92 Å². The Morgan fingerprint density at radius 1 is 1.40 bits per heavy atom. The number of ether oxygens (including phenoxy) is 1. The fraction of sp³-hybridized carbons (Fsp3) is 0.429. The first-order valence-corrected chi connectivity index (χ1v) is 6.41. The predicted molar refractivity (Wildman–Crippen MR) is 70.4 cm³/mol. The van der Waals surface area contributed by atoms with Crippen LogP contribution in [-0.2, 0) is 16.0 Å². The van der Waals surface area contributed by atoms with Gasteiger partial charge in [-0.2, -0.15) is 0 Å². The maximum Gasteiger partial charge on any atom is 0.328 e. The molecule has 0 aliphatic carbocycles. The quantitative estimate of drug-likeness (QED) is 0.731. The molecule has 2 rings (SSSR count). The lowest BCUT2D eigenvalue weighted by molar-refractivity contribution is -0.145. The van der Waals surface area contributed by atoms with Crippen LogP contribution in [0.3, 0.4) is 0 Å². The third kappa shape index (κ3) is 3.08. The molecule has 1 unspecified atom stereocenters. The zero-order valence-corrected chi connectivity index (χ0v) is 11.1. The number of carboxylic acids is 1. The maximum atomic E-state index is 12.1. The molecule has 20 heavy (non-hydrogen) atoms. The van der Waals surface area contributed by atoms with E-state index in [1.54, 1.807) is 0 Å². The van der Waals surface area contributed by atoms with Crippen molar-refractivity contribution in [2.75, 3.05) is 6.61 Å². The van der Waals surface area contributed by atoms with Crippen LogP contribution >= 0.6 is 0 Å². The van der Waals surface area contributed by atoms with Crippen molar-refractivity contribution in [2.24, 2.45) is 5.92 Å². The third-order valence-corrected chi connectivity index (χ3v) is 3.30. The van der Waals surface area contributed by atoms with Crippen LogP contribution in [-0.4, -0.2) is 40.8 Å². The van der Waals surface area contributed by atoms with Crippen LogP contribution in [0, 0.1) is 5.92 Å². The van der Waals surface area contributed by atoms with Crippen molar-refractivity contribution in [1.29, 1.82) is 0 Å². The van der Waals surface area contributed by atoms with Crippen LogP contribution in [0.15, 0.2) is 24.3 Å². The Hall–Kier alpha value is -2.08. The molecule has 0 aromatic heterocycles. The van der Waals surface area contributed by atoms with Crippen LogP contribution in [0.5, 0.6) is 5.75 Å². The van der Waals surface area contributed by atoms with Crippen molar-refractivity contribution in [3.8, 4) is 5.75 Å². The average Bonchev–Trinajstić information content (AvgIpc) is 2.43. The molecular formula is C14H17NO5. The number of amides is 1. The highest BCUT2D eigenvalue weighted by molar-refractivity contribution is 5.85. The van der Waals surface area contributed by atoms with E-state index in [0.29, 0.717) is 6.42 Å². The van der Waals surface area contributed by atoms with E-state index in [-0.39, 0.29) is 6.61 Å². The molecule has 1 aliphatic rings. The fourth-order valence-corrected chi connectivity index (χ4v) is 2.16. The Labute approximate surface area is 116 Å². The zero-order valence-electron chi connectivity index (χ0n) is 11.1. The molecule has 0 spiro atoms. The first-order valence-electron chi connectivity index (χ1n) is 6.41. The second-order valence-corrected chi connectivity index (χ2v) is 4.88. The molecule has 1 aliphatic heterocycles. The largest absolute Gasteiger partial charge is 0.492 e. The predicted octanol–water partition coefficient (Wildman–Crippen LogP) is 0.188. The summed E-state index contributed by atoms with van der Waals surface area (Å²) in [5, 5.41) is 20.7. The summed E-state index contributed by atoms with van der Waals surface area (Å²) in [4.78, 5) is 23.0. The maximum absolute atomic E-state index is 12.1. The van der Waals surface area contributed by atoms with E-state index in [1.807, 2.05) is 24.3 Å². The number of nitrogens with one attached hydrogen (secondary N) is 1. The second-order valence-electron chi connectivity index (χ2n) is 4.88. The summed E-state index contributed by atoms with van der Waals surface area (Å²) in [6, 6.07) is 6.11. The van der Waals surface area contributed by atoms with E-state index in [9.17, 15) is 14.7 Å². The van der Waals surface area contributed by atoms with Crippen molar-refractivity contribution in [1.82, 2.24) is 5.32 Å². The van der Waals surface area contributed by atoms with Gasteiger partial charge in [0.1, 0.15) is 12.4 Å². The van der Waals surface area contributed by atoms with Crippen molar-refractivity contribution in [3.63, 3.8) is 0 Å². The van der Waals surface area contributed by atoms with Crippen LogP contribution in [0.1, 0.15) is 12.5 Å². The number of carbonyl (C=O) groups is 2. The van der Waals surface area contributed by atoms with Gasteiger partial charge in [0.25, 0.3) is 0 Å². The normalized spacial score (nSPS) is 20.2. The summed E-state index contributed by atoms with van der Waals surface area (Å²) < 4.78 is 5.49. The summed E-state index contributed by atoms with van der Waals surface area (Å²) in [5.41, 5.74) is 0.919. The van der Waals surface area contributed by atoms with Gasteiger partial charge in [-0.25, -0.2) is 4.79 Å². The molecule has 0 saturated heterocycles. The zero-order chi connectivity index (χ0) is 14.7. The SMILES string of the molecule is C[C@@H](O)[C@H](NC(=O)C1COc2ccccc2C1)C(=O)O. The molecule has 0 saturated carbocycles. The summed E-state index contributed by atoms with van der Waals surface area (Å²) >= 11 is 0. The van der Waals surface area contributed by atoms with Gasteiger partial charge in [-0.05, 0) is 25.0 Å². The Kier molecular flexibility index (Phi) is 4.24. The van der Waals surface area contributed by atoms with Gasteiger partial charge in [-0.3, -0.25) is 4.79 Å². The van der Waals surface area contributed by atoms with Crippen LogP contribution in [0.4, 0.5) is 0 Å². The number of carboxylic acid groups (broad SMARTS) is 1. The highest BCUT2D eigenvalue weighted by Gasteiger charge is 2.31. The van der Waals surface area contributed by atoms with Crippen LogP contribution in [0.2, 0.25) is 0 Å². The topological polar surface area (TPSA) is 95.9 Å². The molecule has 3 atom stereocenters.